The summed E-state index contributed by atoms with van der Waals surface area (Å²) >= 11 is 0.598. The van der Waals surface area contributed by atoms with Gasteiger partial charge in [-0.3, -0.25) is 9.59 Å². The number of benzene rings is 1. The third kappa shape index (κ3) is 3.42. The van der Waals surface area contributed by atoms with Crippen LogP contribution in [0.25, 0.3) is 0 Å². The molecule has 1 aromatic heterocycles. The fraction of sp³-hybridized carbons (Fsp3) is 0.250. The van der Waals surface area contributed by atoms with Crippen LogP contribution in [0.5, 0.6) is 0 Å². The first kappa shape index (κ1) is 19.1. The summed E-state index contributed by atoms with van der Waals surface area (Å²) in [7, 11) is -4.13. The predicted octanol–water partition coefficient (Wildman–Crippen LogP) is 2.63. The zero-order valence-electron chi connectivity index (χ0n) is 13.8. The molecule has 1 heterocycles. The average Bonchev–Trinajstić information content (AvgIpc) is 2.84. The molecule has 0 unspecified atom stereocenters. The van der Waals surface area contributed by atoms with E-state index >= 15 is 0 Å². The van der Waals surface area contributed by atoms with Crippen LogP contribution in [0, 0.1) is 11.2 Å². The second-order valence-corrected chi connectivity index (χ2v) is 9.57. The third-order valence-electron chi connectivity index (χ3n) is 3.41. The number of Topliss-reactive ketones (excluding diaryl/α,β-unsaturated/α-hetero) is 1. The summed E-state index contributed by atoms with van der Waals surface area (Å²) in [6, 6.07) is 4.15. The van der Waals surface area contributed by atoms with Crippen LogP contribution < -0.4 is 11.5 Å². The maximum absolute atomic E-state index is 13.0. The van der Waals surface area contributed by atoms with Crippen molar-refractivity contribution in [3.8, 4) is 0 Å². The molecule has 25 heavy (non-hydrogen) atoms. The van der Waals surface area contributed by atoms with Gasteiger partial charge in [0.15, 0.2) is 5.78 Å². The Hall–Kier alpha value is -2.26. The predicted molar refractivity (Wildman–Crippen MR) is 92.9 cm³/mol. The van der Waals surface area contributed by atoms with E-state index in [1.807, 2.05) is 0 Å². The van der Waals surface area contributed by atoms with E-state index in [-0.39, 0.29) is 25.2 Å². The molecule has 0 fully saturated rings. The summed E-state index contributed by atoms with van der Waals surface area (Å²) in [6.45, 7) is 4.89. The second-order valence-electron chi connectivity index (χ2n) is 6.41. The molecular weight excluding hydrogens is 367 g/mol. The number of carbonyl (C=O) groups excluding carboxylic acids is 2. The van der Waals surface area contributed by atoms with Gasteiger partial charge < -0.3 is 11.5 Å². The number of anilines is 1. The van der Waals surface area contributed by atoms with E-state index in [0.29, 0.717) is 11.3 Å². The van der Waals surface area contributed by atoms with E-state index in [2.05, 4.69) is 0 Å². The van der Waals surface area contributed by atoms with Gasteiger partial charge in [-0.1, -0.05) is 20.8 Å². The molecule has 0 bridgehead atoms. The lowest BCUT2D eigenvalue weighted by Crippen LogP contribution is -2.23. The number of nitrogen functional groups attached to an aromatic ring is 1. The molecule has 0 atom stereocenters. The van der Waals surface area contributed by atoms with Gasteiger partial charge in [0.2, 0.25) is 9.84 Å². The van der Waals surface area contributed by atoms with Gasteiger partial charge in [0, 0.05) is 5.41 Å². The minimum absolute atomic E-state index is 0.0989. The molecule has 1 aromatic carbocycles. The lowest BCUT2D eigenvalue weighted by Gasteiger charge is -2.15. The maximum Gasteiger partial charge on any atom is 0.252 e. The van der Waals surface area contributed by atoms with Crippen molar-refractivity contribution in [1.82, 2.24) is 0 Å². The van der Waals surface area contributed by atoms with E-state index in [0.717, 1.165) is 24.3 Å². The smallest absolute Gasteiger partial charge is 0.252 e. The number of thiophene rings is 1. The summed E-state index contributed by atoms with van der Waals surface area (Å²) in [5, 5.41) is 0. The van der Waals surface area contributed by atoms with E-state index in [4.69, 9.17) is 11.5 Å². The highest BCUT2D eigenvalue weighted by Gasteiger charge is 2.35. The number of amides is 1. The molecule has 0 aliphatic carbocycles. The first-order chi connectivity index (χ1) is 11.4. The standard InChI is InChI=1S/C16H17FN2O4S2/c1-16(2,3)13(20)12-10(14(19)21)11(18)15(24-12)25(22,23)9-6-4-8(17)5-7-9/h4-7H,18H2,1-3H3,(H2,19,21). The van der Waals surface area contributed by atoms with Gasteiger partial charge in [-0.15, -0.1) is 11.3 Å². The molecule has 0 aliphatic heterocycles. The lowest BCUT2D eigenvalue weighted by molar-refractivity contribution is 0.0855. The van der Waals surface area contributed by atoms with Gasteiger partial charge in [-0.05, 0) is 24.3 Å². The lowest BCUT2D eigenvalue weighted by atomic mass is 9.88. The number of ketones is 1. The average molecular weight is 384 g/mol. The van der Waals surface area contributed by atoms with E-state index in [1.54, 1.807) is 20.8 Å². The van der Waals surface area contributed by atoms with Crippen molar-refractivity contribution >= 4 is 38.6 Å². The largest absolute Gasteiger partial charge is 0.396 e. The van der Waals surface area contributed by atoms with E-state index in [1.165, 1.54) is 0 Å². The number of carbonyl (C=O) groups is 2. The molecule has 0 aliphatic rings. The van der Waals surface area contributed by atoms with Crippen LogP contribution in [0.2, 0.25) is 0 Å². The molecule has 6 nitrogen and oxygen atoms in total. The van der Waals surface area contributed by atoms with Crippen LogP contribution >= 0.6 is 11.3 Å². The normalized spacial score (nSPS) is 12.2. The quantitative estimate of drug-likeness (QED) is 0.620. The monoisotopic (exact) mass is 384 g/mol. The van der Waals surface area contributed by atoms with E-state index in [9.17, 15) is 22.4 Å². The van der Waals surface area contributed by atoms with Gasteiger partial charge in [-0.2, -0.15) is 0 Å². The Kier molecular flexibility index (Phi) is 4.75. The van der Waals surface area contributed by atoms with Crippen LogP contribution in [0.15, 0.2) is 33.4 Å². The number of rotatable bonds is 4. The minimum Gasteiger partial charge on any atom is -0.396 e. The highest BCUT2D eigenvalue weighted by molar-refractivity contribution is 7.93. The molecule has 0 spiro atoms. The molecule has 0 saturated heterocycles. The molecule has 1 amide bonds. The van der Waals surface area contributed by atoms with Crippen LogP contribution in [0.3, 0.4) is 0 Å². The van der Waals surface area contributed by atoms with Crippen LogP contribution in [-0.4, -0.2) is 20.1 Å². The van der Waals surface area contributed by atoms with Crippen LogP contribution in [0.4, 0.5) is 10.1 Å². The Morgan fingerprint density at radius 2 is 1.64 bits per heavy atom. The number of primary amides is 1. The molecule has 0 radical (unpaired) electrons. The summed E-state index contributed by atoms with van der Waals surface area (Å²) in [5.41, 5.74) is 9.62. The fourth-order valence-corrected chi connectivity index (χ4v) is 5.28. The van der Waals surface area contributed by atoms with Crippen molar-refractivity contribution in [2.75, 3.05) is 5.73 Å². The Morgan fingerprint density at radius 1 is 1.12 bits per heavy atom. The van der Waals surface area contributed by atoms with Crippen molar-refractivity contribution in [1.29, 1.82) is 0 Å². The zero-order chi connectivity index (χ0) is 19.2. The first-order valence-electron chi connectivity index (χ1n) is 7.15. The third-order valence-corrected chi connectivity index (χ3v) is 6.92. The van der Waals surface area contributed by atoms with Crippen molar-refractivity contribution in [2.24, 2.45) is 11.1 Å². The van der Waals surface area contributed by atoms with Gasteiger partial charge in [0.25, 0.3) is 5.91 Å². The molecule has 4 N–H and O–H groups in total. The van der Waals surface area contributed by atoms with Gasteiger partial charge in [0.05, 0.1) is 21.0 Å². The van der Waals surface area contributed by atoms with Gasteiger partial charge in [-0.25, -0.2) is 12.8 Å². The molecular formula is C16H17FN2O4S2. The minimum atomic E-state index is -4.13. The van der Waals surface area contributed by atoms with Gasteiger partial charge in [0.1, 0.15) is 10.0 Å². The first-order valence-corrected chi connectivity index (χ1v) is 9.45. The number of hydrogen-bond donors (Lipinski definition) is 2. The number of halogens is 1. The van der Waals surface area contributed by atoms with Crippen molar-refractivity contribution < 1.29 is 22.4 Å². The van der Waals surface area contributed by atoms with Crippen LogP contribution in [-0.2, 0) is 9.84 Å². The van der Waals surface area contributed by atoms with Crippen molar-refractivity contribution in [3.63, 3.8) is 0 Å². The Labute approximate surface area is 148 Å². The zero-order valence-corrected chi connectivity index (χ0v) is 15.4. The van der Waals surface area contributed by atoms with Crippen molar-refractivity contribution in [3.05, 3.63) is 40.5 Å². The van der Waals surface area contributed by atoms with Crippen LogP contribution in [0.1, 0.15) is 40.8 Å². The number of hydrogen-bond acceptors (Lipinski definition) is 6. The highest BCUT2D eigenvalue weighted by atomic mass is 32.2. The Morgan fingerprint density at radius 3 is 2.08 bits per heavy atom. The fourth-order valence-electron chi connectivity index (χ4n) is 2.09. The second kappa shape index (κ2) is 6.23. The van der Waals surface area contributed by atoms with Crippen molar-refractivity contribution in [2.45, 2.75) is 29.9 Å². The SMILES string of the molecule is CC(C)(C)C(=O)c1sc(S(=O)(=O)c2ccc(F)cc2)c(N)c1C(N)=O. The molecule has 134 valence electrons. The molecule has 2 aromatic rings. The summed E-state index contributed by atoms with van der Waals surface area (Å²) < 4.78 is 38.2. The summed E-state index contributed by atoms with van der Waals surface area (Å²) in [5.74, 6) is -2.03. The molecule has 9 heteroatoms. The molecule has 0 saturated carbocycles. The van der Waals surface area contributed by atoms with Gasteiger partial charge >= 0.3 is 0 Å². The number of nitrogens with two attached hydrogens (primary N) is 2. The number of sulfone groups is 1. The maximum atomic E-state index is 13.0. The topological polar surface area (TPSA) is 120 Å². The van der Waals surface area contributed by atoms with E-state index < -0.39 is 32.8 Å². The highest BCUT2D eigenvalue weighted by Crippen LogP contribution is 2.40. The molecule has 2 rings (SSSR count). The summed E-state index contributed by atoms with van der Waals surface area (Å²) in [4.78, 5) is 24.0. The summed E-state index contributed by atoms with van der Waals surface area (Å²) in [6.07, 6.45) is 0. The Balaban J connectivity index is 2.73. The Bertz CT molecular complexity index is 955.